The van der Waals surface area contributed by atoms with E-state index in [1.807, 2.05) is 0 Å². The minimum absolute atomic E-state index is 0.493. The lowest BCUT2D eigenvalue weighted by Crippen LogP contribution is -2.21. The van der Waals surface area contributed by atoms with Gasteiger partial charge in [0, 0.05) is 11.3 Å². The molecule has 0 aromatic heterocycles. The topological polar surface area (TPSA) is 3.24 Å². The van der Waals surface area contributed by atoms with Crippen LogP contribution in [-0.2, 0) is 0 Å². The maximum Gasteiger partial charge on any atom is 0.0461 e. The first kappa shape index (κ1) is 9.10. The Morgan fingerprint density at radius 2 is 2.00 bits per heavy atom. The Balaban J connectivity index is 2.25. The molecule has 1 aromatic rings. The van der Waals surface area contributed by atoms with E-state index < -0.39 is 0 Å². The summed E-state index contributed by atoms with van der Waals surface area (Å²) in [6, 6.07) is 11.1. The molecular formula is C11H15NS. The highest BCUT2D eigenvalue weighted by Gasteiger charge is 2.29. The maximum atomic E-state index is 4.62. The quantitative estimate of drug-likeness (QED) is 0.670. The molecule has 2 unspecified atom stereocenters. The van der Waals surface area contributed by atoms with Crippen molar-refractivity contribution in [2.24, 2.45) is 0 Å². The summed E-state index contributed by atoms with van der Waals surface area (Å²) < 4.78 is 0. The molecule has 1 nitrogen and oxygen atoms in total. The molecule has 70 valence electrons. The van der Waals surface area contributed by atoms with E-state index in [1.165, 1.54) is 12.0 Å². The van der Waals surface area contributed by atoms with Crippen LogP contribution < -0.4 is 0 Å². The summed E-state index contributed by atoms with van der Waals surface area (Å²) in [7, 11) is 2.17. The number of hydrogen-bond acceptors (Lipinski definition) is 2. The van der Waals surface area contributed by atoms with Gasteiger partial charge in [0.1, 0.15) is 0 Å². The molecule has 0 spiro atoms. The molecule has 0 saturated carbocycles. The van der Waals surface area contributed by atoms with Gasteiger partial charge in [-0.1, -0.05) is 30.3 Å². The van der Waals surface area contributed by atoms with Crippen molar-refractivity contribution in [2.45, 2.75) is 17.7 Å². The Morgan fingerprint density at radius 3 is 2.54 bits per heavy atom. The lowest BCUT2D eigenvalue weighted by Gasteiger charge is -2.22. The molecule has 2 atom stereocenters. The van der Waals surface area contributed by atoms with Gasteiger partial charge in [-0.3, -0.25) is 4.90 Å². The van der Waals surface area contributed by atoms with Crippen LogP contribution in [0, 0.1) is 0 Å². The molecule has 0 bridgehead atoms. The third-order valence-electron chi connectivity index (χ3n) is 2.76. The largest absolute Gasteiger partial charge is 0.298 e. The van der Waals surface area contributed by atoms with Gasteiger partial charge in [-0.25, -0.2) is 0 Å². The Labute approximate surface area is 85.2 Å². The molecule has 1 fully saturated rings. The average molecular weight is 193 g/mol. The van der Waals surface area contributed by atoms with E-state index in [2.05, 4.69) is 54.9 Å². The molecule has 1 aliphatic rings. The van der Waals surface area contributed by atoms with Crippen LogP contribution in [-0.4, -0.2) is 23.7 Å². The molecule has 2 rings (SSSR count). The monoisotopic (exact) mass is 193 g/mol. The summed E-state index contributed by atoms with van der Waals surface area (Å²) in [6.45, 7) is 1.16. The zero-order valence-electron chi connectivity index (χ0n) is 7.85. The summed E-state index contributed by atoms with van der Waals surface area (Å²) in [4.78, 5) is 2.38. The molecule has 13 heavy (non-hydrogen) atoms. The highest BCUT2D eigenvalue weighted by Crippen LogP contribution is 2.33. The summed E-state index contributed by atoms with van der Waals surface area (Å²) in [5.41, 5.74) is 1.39. The molecule has 1 saturated heterocycles. The second kappa shape index (κ2) is 3.72. The van der Waals surface area contributed by atoms with Crippen LogP contribution in [0.15, 0.2) is 30.3 Å². The van der Waals surface area contributed by atoms with Gasteiger partial charge in [-0.15, -0.1) is 0 Å². The van der Waals surface area contributed by atoms with Crippen LogP contribution in [0.25, 0.3) is 0 Å². The summed E-state index contributed by atoms with van der Waals surface area (Å²) in [5, 5.41) is 0.493. The molecule has 1 aromatic carbocycles. The first-order valence-corrected chi connectivity index (χ1v) is 5.24. The number of benzene rings is 1. The maximum absolute atomic E-state index is 4.62. The van der Waals surface area contributed by atoms with Crippen molar-refractivity contribution in [3.63, 3.8) is 0 Å². The van der Waals surface area contributed by atoms with E-state index in [4.69, 9.17) is 0 Å². The molecule has 0 amide bonds. The lowest BCUT2D eigenvalue weighted by molar-refractivity contribution is 0.320. The van der Waals surface area contributed by atoms with E-state index >= 15 is 0 Å². The van der Waals surface area contributed by atoms with Crippen LogP contribution in [0.5, 0.6) is 0 Å². The molecule has 1 aliphatic heterocycles. The van der Waals surface area contributed by atoms with Gasteiger partial charge in [0.25, 0.3) is 0 Å². The van der Waals surface area contributed by atoms with E-state index in [-0.39, 0.29) is 0 Å². The highest BCUT2D eigenvalue weighted by molar-refractivity contribution is 7.81. The van der Waals surface area contributed by atoms with E-state index in [0.29, 0.717) is 11.3 Å². The molecular weight excluding hydrogens is 178 g/mol. The van der Waals surface area contributed by atoms with Crippen molar-refractivity contribution in [2.75, 3.05) is 13.6 Å². The van der Waals surface area contributed by atoms with Crippen molar-refractivity contribution in [1.82, 2.24) is 4.90 Å². The van der Waals surface area contributed by atoms with Crippen LogP contribution >= 0.6 is 12.6 Å². The number of nitrogens with zero attached hydrogens (tertiary/aromatic N) is 1. The van der Waals surface area contributed by atoms with Crippen LogP contribution in [0.1, 0.15) is 18.0 Å². The van der Waals surface area contributed by atoms with Gasteiger partial charge in [-0.2, -0.15) is 12.6 Å². The first-order chi connectivity index (χ1) is 6.29. The zero-order chi connectivity index (χ0) is 9.26. The smallest absolute Gasteiger partial charge is 0.0461 e. The fourth-order valence-corrected chi connectivity index (χ4v) is 2.57. The Hall–Kier alpha value is -0.470. The third kappa shape index (κ3) is 1.74. The fourth-order valence-electron chi connectivity index (χ4n) is 2.05. The van der Waals surface area contributed by atoms with Crippen molar-refractivity contribution in [3.8, 4) is 0 Å². The normalized spacial score (nSPS) is 29.4. The number of hydrogen-bond donors (Lipinski definition) is 1. The van der Waals surface area contributed by atoms with Gasteiger partial charge in [-0.05, 0) is 25.6 Å². The van der Waals surface area contributed by atoms with Gasteiger partial charge in [0.05, 0.1) is 0 Å². The van der Waals surface area contributed by atoms with E-state index in [9.17, 15) is 0 Å². The first-order valence-electron chi connectivity index (χ1n) is 4.72. The predicted molar refractivity (Wildman–Crippen MR) is 59.2 cm³/mol. The second-order valence-electron chi connectivity index (χ2n) is 3.69. The molecule has 0 radical (unpaired) electrons. The lowest BCUT2D eigenvalue weighted by atomic mass is 10.0. The third-order valence-corrected chi connectivity index (χ3v) is 3.30. The minimum atomic E-state index is 0.493. The number of rotatable bonds is 1. The van der Waals surface area contributed by atoms with Crippen molar-refractivity contribution >= 4 is 12.6 Å². The molecule has 0 N–H and O–H groups in total. The van der Waals surface area contributed by atoms with Gasteiger partial charge >= 0.3 is 0 Å². The predicted octanol–water partition coefficient (Wildman–Crippen LogP) is 2.36. The second-order valence-corrected chi connectivity index (χ2v) is 4.36. The van der Waals surface area contributed by atoms with Crippen LogP contribution in [0.3, 0.4) is 0 Å². The zero-order valence-corrected chi connectivity index (χ0v) is 8.74. The van der Waals surface area contributed by atoms with Crippen molar-refractivity contribution in [3.05, 3.63) is 35.9 Å². The Bertz CT molecular complexity index is 263. The summed E-state index contributed by atoms with van der Waals surface area (Å²) in [5.74, 6) is 0. The number of thiol groups is 1. The SMILES string of the molecule is CN1CCC(S)C1c1ccccc1. The van der Waals surface area contributed by atoms with Crippen LogP contribution in [0.4, 0.5) is 0 Å². The van der Waals surface area contributed by atoms with Crippen molar-refractivity contribution in [1.29, 1.82) is 0 Å². The minimum Gasteiger partial charge on any atom is -0.298 e. The summed E-state index contributed by atoms with van der Waals surface area (Å²) in [6.07, 6.45) is 1.19. The van der Waals surface area contributed by atoms with E-state index in [0.717, 1.165) is 6.54 Å². The van der Waals surface area contributed by atoms with Gasteiger partial charge in [0.15, 0.2) is 0 Å². The number of likely N-dealkylation sites (tertiary alicyclic amines) is 1. The highest BCUT2D eigenvalue weighted by atomic mass is 32.1. The Kier molecular flexibility index (Phi) is 2.61. The van der Waals surface area contributed by atoms with Gasteiger partial charge < -0.3 is 0 Å². The molecule has 0 aliphatic carbocycles. The van der Waals surface area contributed by atoms with Crippen LogP contribution in [0.2, 0.25) is 0 Å². The fraction of sp³-hybridized carbons (Fsp3) is 0.455. The molecule has 2 heteroatoms. The van der Waals surface area contributed by atoms with Crippen molar-refractivity contribution < 1.29 is 0 Å². The standard InChI is InChI=1S/C11H15NS/c1-12-8-7-10(13)11(12)9-5-3-2-4-6-9/h2-6,10-11,13H,7-8H2,1H3. The van der Waals surface area contributed by atoms with E-state index in [1.54, 1.807) is 0 Å². The Morgan fingerprint density at radius 1 is 1.31 bits per heavy atom. The summed E-state index contributed by atoms with van der Waals surface area (Å²) >= 11 is 4.62. The molecule has 1 heterocycles. The average Bonchev–Trinajstić information content (AvgIpc) is 2.48. The van der Waals surface area contributed by atoms with Gasteiger partial charge in [0.2, 0.25) is 0 Å².